The lowest BCUT2D eigenvalue weighted by molar-refractivity contribution is 0.198. The summed E-state index contributed by atoms with van der Waals surface area (Å²) < 4.78 is 0. The smallest absolute Gasteiger partial charge is 0.227 e. The molecule has 1 fully saturated rings. The van der Waals surface area contributed by atoms with Crippen molar-refractivity contribution in [3.05, 3.63) is 12.3 Å². The van der Waals surface area contributed by atoms with Gasteiger partial charge in [0.1, 0.15) is 5.82 Å². The van der Waals surface area contributed by atoms with Crippen LogP contribution in [0.4, 0.5) is 11.8 Å². The fraction of sp³-hybridized carbons (Fsp3) is 0.636. The van der Waals surface area contributed by atoms with Crippen LogP contribution in [0.3, 0.4) is 0 Å². The van der Waals surface area contributed by atoms with Crippen molar-refractivity contribution in [2.24, 2.45) is 0 Å². The molecule has 0 amide bonds. The Bertz CT molecular complexity index is 354. The summed E-state index contributed by atoms with van der Waals surface area (Å²) in [6, 6.07) is 2.26. The number of piperazine rings is 1. The van der Waals surface area contributed by atoms with Crippen molar-refractivity contribution >= 4 is 11.8 Å². The number of likely N-dealkylation sites (N-methyl/N-ethyl adjacent to an activating group) is 1. The maximum Gasteiger partial charge on any atom is 0.227 e. The van der Waals surface area contributed by atoms with Crippen molar-refractivity contribution in [1.82, 2.24) is 14.9 Å². The fourth-order valence-corrected chi connectivity index (χ4v) is 2.16. The van der Waals surface area contributed by atoms with Gasteiger partial charge in [-0.3, -0.25) is 4.90 Å². The Hall–Kier alpha value is -1.36. The summed E-state index contributed by atoms with van der Waals surface area (Å²) in [4.78, 5) is 13.2. The van der Waals surface area contributed by atoms with Gasteiger partial charge in [-0.2, -0.15) is 4.98 Å². The van der Waals surface area contributed by atoms with Gasteiger partial charge in [-0.25, -0.2) is 4.98 Å². The maximum absolute atomic E-state index is 5.67. The van der Waals surface area contributed by atoms with Gasteiger partial charge >= 0.3 is 0 Å². The van der Waals surface area contributed by atoms with E-state index in [1.54, 1.807) is 12.3 Å². The Kier molecular flexibility index (Phi) is 3.24. The van der Waals surface area contributed by atoms with Crippen molar-refractivity contribution < 1.29 is 0 Å². The van der Waals surface area contributed by atoms with E-state index in [4.69, 9.17) is 5.73 Å². The zero-order chi connectivity index (χ0) is 11.5. The topological polar surface area (TPSA) is 58.3 Å². The molecule has 0 spiro atoms. The van der Waals surface area contributed by atoms with Crippen LogP contribution in [0.2, 0.25) is 0 Å². The summed E-state index contributed by atoms with van der Waals surface area (Å²) in [7, 11) is 0. The number of hydrogen-bond donors (Lipinski definition) is 1. The third kappa shape index (κ3) is 2.24. The number of nitrogen functional groups attached to an aromatic ring is 1. The van der Waals surface area contributed by atoms with Crippen LogP contribution >= 0.6 is 0 Å². The minimum Gasteiger partial charge on any atom is -0.384 e. The summed E-state index contributed by atoms with van der Waals surface area (Å²) in [6.45, 7) is 8.55. The normalized spacial score (nSPS) is 22.4. The number of nitrogens with two attached hydrogens (primary N) is 1. The molecule has 2 heterocycles. The zero-order valence-corrected chi connectivity index (χ0v) is 9.93. The summed E-state index contributed by atoms with van der Waals surface area (Å²) in [5, 5.41) is 0. The van der Waals surface area contributed by atoms with Crippen LogP contribution in [-0.2, 0) is 0 Å². The monoisotopic (exact) mass is 221 g/mol. The lowest BCUT2D eigenvalue weighted by Gasteiger charge is -2.39. The molecule has 1 atom stereocenters. The third-order valence-electron chi connectivity index (χ3n) is 3.12. The molecule has 88 valence electrons. The number of hydrogen-bond acceptors (Lipinski definition) is 5. The highest BCUT2D eigenvalue weighted by molar-refractivity contribution is 5.38. The van der Waals surface area contributed by atoms with E-state index in [0.717, 1.165) is 32.1 Å². The SMILES string of the molecule is CCN1CCN(c2nccc(N)n2)CC1C. The molecule has 2 N–H and O–H groups in total. The van der Waals surface area contributed by atoms with Crippen LogP contribution in [0, 0.1) is 0 Å². The van der Waals surface area contributed by atoms with Crippen molar-refractivity contribution in [2.75, 3.05) is 36.8 Å². The second kappa shape index (κ2) is 4.65. The van der Waals surface area contributed by atoms with E-state index in [0.29, 0.717) is 11.9 Å². The number of nitrogens with zero attached hydrogens (tertiary/aromatic N) is 4. The number of rotatable bonds is 2. The second-order valence-electron chi connectivity index (χ2n) is 4.21. The van der Waals surface area contributed by atoms with Crippen molar-refractivity contribution in [3.8, 4) is 0 Å². The Balaban J connectivity index is 2.07. The van der Waals surface area contributed by atoms with Crippen molar-refractivity contribution in [2.45, 2.75) is 19.9 Å². The van der Waals surface area contributed by atoms with E-state index in [1.165, 1.54) is 0 Å². The fourth-order valence-electron chi connectivity index (χ4n) is 2.16. The molecule has 2 rings (SSSR count). The largest absolute Gasteiger partial charge is 0.384 e. The van der Waals surface area contributed by atoms with Gasteiger partial charge in [0.15, 0.2) is 0 Å². The molecule has 5 nitrogen and oxygen atoms in total. The molecule has 1 aliphatic rings. The van der Waals surface area contributed by atoms with Gasteiger partial charge in [-0.05, 0) is 19.5 Å². The molecule has 16 heavy (non-hydrogen) atoms. The predicted molar refractivity (Wildman–Crippen MR) is 65.4 cm³/mol. The highest BCUT2D eigenvalue weighted by atomic mass is 15.3. The van der Waals surface area contributed by atoms with Crippen LogP contribution < -0.4 is 10.6 Å². The van der Waals surface area contributed by atoms with E-state index < -0.39 is 0 Å². The molecule has 0 aromatic carbocycles. The van der Waals surface area contributed by atoms with E-state index in [9.17, 15) is 0 Å². The number of aromatic nitrogens is 2. The van der Waals surface area contributed by atoms with Crippen molar-refractivity contribution in [1.29, 1.82) is 0 Å². The van der Waals surface area contributed by atoms with Crippen LogP contribution in [0.1, 0.15) is 13.8 Å². The predicted octanol–water partition coefficient (Wildman–Crippen LogP) is 0.589. The summed E-state index contributed by atoms with van der Waals surface area (Å²) in [5.41, 5.74) is 5.67. The minimum absolute atomic E-state index is 0.538. The first-order valence-corrected chi connectivity index (χ1v) is 5.78. The molecule has 0 saturated carbocycles. The molecule has 0 bridgehead atoms. The van der Waals surface area contributed by atoms with Crippen LogP contribution in [0.15, 0.2) is 12.3 Å². The summed E-state index contributed by atoms with van der Waals surface area (Å²) in [5.74, 6) is 1.29. The summed E-state index contributed by atoms with van der Waals surface area (Å²) in [6.07, 6.45) is 1.72. The molecule has 0 radical (unpaired) electrons. The standard InChI is InChI=1S/C11H19N5/c1-3-15-6-7-16(8-9(15)2)11-13-5-4-10(12)14-11/h4-5,9H,3,6-8H2,1-2H3,(H2,12,13,14). The molecular formula is C11H19N5. The van der Waals surface area contributed by atoms with Gasteiger partial charge in [0, 0.05) is 31.9 Å². The molecular weight excluding hydrogens is 202 g/mol. The molecule has 1 aliphatic heterocycles. The van der Waals surface area contributed by atoms with Gasteiger partial charge in [0.2, 0.25) is 5.95 Å². The number of anilines is 2. The lowest BCUT2D eigenvalue weighted by atomic mass is 10.2. The molecule has 5 heteroatoms. The highest BCUT2D eigenvalue weighted by Crippen LogP contribution is 2.15. The Morgan fingerprint density at radius 2 is 2.31 bits per heavy atom. The van der Waals surface area contributed by atoms with E-state index in [-0.39, 0.29) is 0 Å². The Morgan fingerprint density at radius 3 is 2.94 bits per heavy atom. The van der Waals surface area contributed by atoms with Gasteiger partial charge in [0.05, 0.1) is 0 Å². The Morgan fingerprint density at radius 1 is 1.50 bits per heavy atom. The zero-order valence-electron chi connectivity index (χ0n) is 9.93. The van der Waals surface area contributed by atoms with Crippen LogP contribution in [-0.4, -0.2) is 47.1 Å². The van der Waals surface area contributed by atoms with Gasteiger partial charge < -0.3 is 10.6 Å². The first-order chi connectivity index (χ1) is 7.70. The maximum atomic E-state index is 5.67. The average molecular weight is 221 g/mol. The molecule has 1 aromatic rings. The first-order valence-electron chi connectivity index (χ1n) is 5.78. The molecule has 1 aromatic heterocycles. The quantitative estimate of drug-likeness (QED) is 0.792. The average Bonchev–Trinajstić information content (AvgIpc) is 2.29. The molecule has 1 unspecified atom stereocenters. The molecule has 0 aliphatic carbocycles. The Labute approximate surface area is 96.3 Å². The van der Waals surface area contributed by atoms with Gasteiger partial charge in [-0.15, -0.1) is 0 Å². The minimum atomic E-state index is 0.538. The van der Waals surface area contributed by atoms with Crippen LogP contribution in [0.5, 0.6) is 0 Å². The first kappa shape index (κ1) is 11.1. The van der Waals surface area contributed by atoms with E-state index >= 15 is 0 Å². The molecule has 1 saturated heterocycles. The second-order valence-corrected chi connectivity index (χ2v) is 4.21. The third-order valence-corrected chi connectivity index (χ3v) is 3.12. The van der Waals surface area contributed by atoms with E-state index in [1.807, 2.05) is 0 Å². The van der Waals surface area contributed by atoms with Crippen molar-refractivity contribution in [3.63, 3.8) is 0 Å². The van der Waals surface area contributed by atoms with Crippen LogP contribution in [0.25, 0.3) is 0 Å². The van der Waals surface area contributed by atoms with Gasteiger partial charge in [-0.1, -0.05) is 6.92 Å². The summed E-state index contributed by atoms with van der Waals surface area (Å²) >= 11 is 0. The highest BCUT2D eigenvalue weighted by Gasteiger charge is 2.23. The van der Waals surface area contributed by atoms with E-state index in [2.05, 4.69) is 33.6 Å². The van der Waals surface area contributed by atoms with Gasteiger partial charge in [0.25, 0.3) is 0 Å². The lowest BCUT2D eigenvalue weighted by Crippen LogP contribution is -2.52.